The highest BCUT2D eigenvalue weighted by Crippen LogP contribution is 2.28. The summed E-state index contributed by atoms with van der Waals surface area (Å²) in [6.07, 6.45) is 1.10. The van der Waals surface area contributed by atoms with E-state index in [1.165, 1.54) is 16.4 Å². The minimum Gasteiger partial charge on any atom is -0.351 e. The van der Waals surface area contributed by atoms with Crippen molar-refractivity contribution in [2.24, 2.45) is 0 Å². The van der Waals surface area contributed by atoms with Crippen LogP contribution in [0.3, 0.4) is 0 Å². The van der Waals surface area contributed by atoms with Crippen LogP contribution in [-0.2, 0) is 21.4 Å². The summed E-state index contributed by atoms with van der Waals surface area (Å²) in [5.41, 5.74) is 0.752. The van der Waals surface area contributed by atoms with Crippen LogP contribution in [0, 0.1) is 5.82 Å². The van der Waals surface area contributed by atoms with Crippen LogP contribution in [0.15, 0.2) is 71.6 Å². The van der Waals surface area contributed by atoms with Gasteiger partial charge in [-0.2, -0.15) is 4.31 Å². The van der Waals surface area contributed by atoms with E-state index in [4.69, 9.17) is 0 Å². The van der Waals surface area contributed by atoms with Crippen LogP contribution in [0.2, 0.25) is 0 Å². The zero-order chi connectivity index (χ0) is 20.4. The SMILES string of the molecule is O=C(NCc1ccc(F)cc1)[C@@H]1CCCN1S(=O)(=O)c1ccc2ccccc2c1. The molecule has 150 valence electrons. The van der Waals surface area contributed by atoms with Crippen LogP contribution < -0.4 is 5.32 Å². The fraction of sp³-hybridized carbons (Fsp3) is 0.227. The Balaban J connectivity index is 1.52. The molecule has 7 heteroatoms. The van der Waals surface area contributed by atoms with Crippen LogP contribution in [0.4, 0.5) is 4.39 Å². The van der Waals surface area contributed by atoms with Gasteiger partial charge in [0.15, 0.2) is 0 Å². The Hall–Kier alpha value is -2.77. The lowest BCUT2D eigenvalue weighted by Crippen LogP contribution is -2.45. The van der Waals surface area contributed by atoms with Crippen LogP contribution in [0.5, 0.6) is 0 Å². The summed E-state index contributed by atoms with van der Waals surface area (Å²) in [6.45, 7) is 0.531. The van der Waals surface area contributed by atoms with E-state index in [1.54, 1.807) is 30.3 Å². The fourth-order valence-corrected chi connectivity index (χ4v) is 5.35. The van der Waals surface area contributed by atoms with Crippen molar-refractivity contribution >= 4 is 26.7 Å². The highest BCUT2D eigenvalue weighted by atomic mass is 32.2. The summed E-state index contributed by atoms with van der Waals surface area (Å²) in [5.74, 6) is -0.681. The predicted molar refractivity (Wildman–Crippen MR) is 109 cm³/mol. The number of carbonyl (C=O) groups excluding carboxylic acids is 1. The third-order valence-electron chi connectivity index (χ3n) is 5.21. The lowest BCUT2D eigenvalue weighted by atomic mass is 10.1. The first-order valence-electron chi connectivity index (χ1n) is 9.48. The van der Waals surface area contributed by atoms with Crippen molar-refractivity contribution in [2.45, 2.75) is 30.3 Å². The Labute approximate surface area is 169 Å². The maximum atomic E-state index is 13.2. The zero-order valence-electron chi connectivity index (χ0n) is 15.7. The van der Waals surface area contributed by atoms with Gasteiger partial charge in [-0.25, -0.2) is 12.8 Å². The first kappa shape index (κ1) is 19.5. The molecular formula is C22H21FN2O3S. The number of amides is 1. The second-order valence-corrected chi connectivity index (χ2v) is 9.02. The number of carbonyl (C=O) groups is 1. The smallest absolute Gasteiger partial charge is 0.243 e. The molecule has 1 heterocycles. The molecule has 1 atom stereocenters. The first-order valence-corrected chi connectivity index (χ1v) is 10.9. The highest BCUT2D eigenvalue weighted by molar-refractivity contribution is 7.89. The Kier molecular flexibility index (Phi) is 5.34. The molecule has 1 amide bonds. The number of nitrogens with one attached hydrogen (secondary N) is 1. The Morgan fingerprint density at radius 2 is 1.76 bits per heavy atom. The van der Waals surface area contributed by atoms with Crippen molar-refractivity contribution in [1.29, 1.82) is 0 Å². The summed E-state index contributed by atoms with van der Waals surface area (Å²) in [5, 5.41) is 4.57. The van der Waals surface area contributed by atoms with Crippen molar-refractivity contribution in [3.8, 4) is 0 Å². The summed E-state index contributed by atoms with van der Waals surface area (Å²) in [6, 6.07) is 17.7. The van der Waals surface area contributed by atoms with Crippen molar-refractivity contribution in [2.75, 3.05) is 6.54 Å². The average molecular weight is 412 g/mol. The van der Waals surface area contributed by atoms with E-state index in [2.05, 4.69) is 5.32 Å². The van der Waals surface area contributed by atoms with Gasteiger partial charge in [0.1, 0.15) is 11.9 Å². The summed E-state index contributed by atoms with van der Waals surface area (Å²) in [7, 11) is -3.79. The molecule has 0 radical (unpaired) electrons. The van der Waals surface area contributed by atoms with Gasteiger partial charge in [0.25, 0.3) is 0 Å². The van der Waals surface area contributed by atoms with E-state index in [0.717, 1.165) is 16.3 Å². The monoisotopic (exact) mass is 412 g/mol. The molecule has 0 aliphatic carbocycles. The fourth-order valence-electron chi connectivity index (χ4n) is 3.66. The number of benzene rings is 3. The number of rotatable bonds is 5. The van der Waals surface area contributed by atoms with Gasteiger partial charge in [0.05, 0.1) is 4.90 Å². The number of sulfonamides is 1. The standard InChI is InChI=1S/C22H21FN2O3S/c23-19-10-7-16(8-11-19)15-24-22(26)21-6-3-13-25(21)29(27,28)20-12-9-17-4-1-2-5-18(17)14-20/h1-2,4-5,7-12,14,21H,3,6,13,15H2,(H,24,26)/t21-/m0/s1. The number of halogens is 1. The molecule has 0 spiro atoms. The molecule has 3 aromatic carbocycles. The molecule has 29 heavy (non-hydrogen) atoms. The van der Waals surface area contributed by atoms with Gasteiger partial charge < -0.3 is 5.32 Å². The van der Waals surface area contributed by atoms with Gasteiger partial charge in [-0.3, -0.25) is 4.79 Å². The van der Waals surface area contributed by atoms with Gasteiger partial charge >= 0.3 is 0 Å². The molecule has 0 saturated carbocycles. The molecule has 1 aliphatic heterocycles. The zero-order valence-corrected chi connectivity index (χ0v) is 16.5. The van der Waals surface area contributed by atoms with Gasteiger partial charge in [-0.1, -0.05) is 42.5 Å². The Morgan fingerprint density at radius 1 is 1.03 bits per heavy atom. The van der Waals surface area contributed by atoms with Crippen LogP contribution in [0.1, 0.15) is 18.4 Å². The van der Waals surface area contributed by atoms with Gasteiger partial charge in [0.2, 0.25) is 15.9 Å². The summed E-state index contributed by atoms with van der Waals surface area (Å²) >= 11 is 0. The van der Waals surface area contributed by atoms with Gasteiger partial charge in [0, 0.05) is 13.1 Å². The molecule has 1 fully saturated rings. The third-order valence-corrected chi connectivity index (χ3v) is 7.12. The molecule has 1 N–H and O–H groups in total. The quantitative estimate of drug-likeness (QED) is 0.698. The van der Waals surface area contributed by atoms with Gasteiger partial charge in [-0.05, 0) is 53.4 Å². The van der Waals surface area contributed by atoms with Crippen molar-refractivity contribution in [3.05, 3.63) is 78.1 Å². The minimum atomic E-state index is -3.79. The lowest BCUT2D eigenvalue weighted by Gasteiger charge is -2.23. The van der Waals surface area contributed by atoms with E-state index in [9.17, 15) is 17.6 Å². The minimum absolute atomic E-state index is 0.189. The molecule has 0 unspecified atom stereocenters. The average Bonchev–Trinajstić information content (AvgIpc) is 3.24. The number of nitrogens with zero attached hydrogens (tertiary/aromatic N) is 1. The van der Waals surface area contributed by atoms with E-state index < -0.39 is 16.1 Å². The molecule has 1 saturated heterocycles. The number of fused-ring (bicyclic) bond motifs is 1. The van der Waals surface area contributed by atoms with Crippen molar-refractivity contribution < 1.29 is 17.6 Å². The molecule has 0 aromatic heterocycles. The maximum Gasteiger partial charge on any atom is 0.243 e. The van der Waals surface area contributed by atoms with Crippen molar-refractivity contribution in [3.63, 3.8) is 0 Å². The van der Waals surface area contributed by atoms with Crippen LogP contribution in [0.25, 0.3) is 10.8 Å². The Morgan fingerprint density at radius 3 is 2.52 bits per heavy atom. The predicted octanol–water partition coefficient (Wildman–Crippen LogP) is 3.45. The van der Waals surface area contributed by atoms with E-state index in [0.29, 0.717) is 19.4 Å². The maximum absolute atomic E-state index is 13.2. The second-order valence-electron chi connectivity index (χ2n) is 7.13. The highest BCUT2D eigenvalue weighted by Gasteiger charge is 2.39. The van der Waals surface area contributed by atoms with E-state index in [1.807, 2.05) is 24.3 Å². The molecular weight excluding hydrogens is 391 g/mol. The topological polar surface area (TPSA) is 66.5 Å². The Bertz CT molecular complexity index is 1150. The third kappa shape index (κ3) is 4.02. The lowest BCUT2D eigenvalue weighted by molar-refractivity contribution is -0.124. The molecule has 0 bridgehead atoms. The van der Waals surface area contributed by atoms with E-state index in [-0.39, 0.29) is 23.2 Å². The molecule has 1 aliphatic rings. The normalized spacial score (nSPS) is 17.5. The van der Waals surface area contributed by atoms with Crippen LogP contribution >= 0.6 is 0 Å². The molecule has 5 nitrogen and oxygen atoms in total. The van der Waals surface area contributed by atoms with E-state index >= 15 is 0 Å². The summed E-state index contributed by atoms with van der Waals surface area (Å²) < 4.78 is 40.7. The first-order chi connectivity index (χ1) is 13.9. The molecule has 3 aromatic rings. The number of hydrogen-bond acceptors (Lipinski definition) is 3. The van der Waals surface area contributed by atoms with Gasteiger partial charge in [-0.15, -0.1) is 0 Å². The van der Waals surface area contributed by atoms with Crippen molar-refractivity contribution in [1.82, 2.24) is 9.62 Å². The largest absolute Gasteiger partial charge is 0.351 e. The number of hydrogen-bond donors (Lipinski definition) is 1. The second kappa shape index (κ2) is 7.93. The van der Waals surface area contributed by atoms with Crippen LogP contribution in [-0.4, -0.2) is 31.2 Å². The summed E-state index contributed by atoms with van der Waals surface area (Å²) in [4.78, 5) is 12.9. The molecule has 4 rings (SSSR count).